The van der Waals surface area contributed by atoms with Gasteiger partial charge in [0.25, 0.3) is 0 Å². The van der Waals surface area contributed by atoms with E-state index in [1.165, 1.54) is 9.75 Å². The third kappa shape index (κ3) is 2.47. The fraction of sp³-hybridized carbons (Fsp3) is 0.500. The van der Waals surface area contributed by atoms with Crippen LogP contribution in [0.1, 0.15) is 9.75 Å². The van der Waals surface area contributed by atoms with Crippen LogP contribution in [0.5, 0.6) is 0 Å². The monoisotopic (exact) mass is 189 g/mol. The molecule has 62 valence electrons. The third-order valence-electron chi connectivity index (χ3n) is 1.48. The molecule has 0 atom stereocenters. The maximum atomic E-state index is 5.96. The summed E-state index contributed by atoms with van der Waals surface area (Å²) in [6, 6.07) is 2.03. The fourth-order valence-electron chi connectivity index (χ4n) is 0.940. The van der Waals surface area contributed by atoms with Gasteiger partial charge in [-0.2, -0.15) is 0 Å². The molecule has 0 aliphatic rings. The highest BCUT2D eigenvalue weighted by atomic mass is 35.5. The predicted octanol–water partition coefficient (Wildman–Crippen LogP) is 2.47. The summed E-state index contributed by atoms with van der Waals surface area (Å²) >= 11 is 7.75. The summed E-state index contributed by atoms with van der Waals surface area (Å²) in [4.78, 5) is 2.58. The van der Waals surface area contributed by atoms with E-state index in [-0.39, 0.29) is 0 Å². The van der Waals surface area contributed by atoms with Gasteiger partial charge in [0.2, 0.25) is 0 Å². The predicted molar refractivity (Wildman–Crippen MR) is 51.7 cm³/mol. The zero-order valence-electron chi connectivity index (χ0n) is 6.78. The van der Waals surface area contributed by atoms with Crippen molar-refractivity contribution in [3.05, 3.63) is 20.8 Å². The normalized spacial score (nSPS) is 10.5. The molecule has 0 aliphatic carbocycles. The van der Waals surface area contributed by atoms with E-state index in [4.69, 9.17) is 11.6 Å². The highest BCUT2D eigenvalue weighted by Gasteiger charge is 2.02. The average molecular weight is 190 g/mol. The molecule has 0 unspecified atom stereocenters. The first-order valence-electron chi connectivity index (χ1n) is 3.63. The number of thiophene rings is 1. The molecule has 11 heavy (non-hydrogen) atoms. The first-order chi connectivity index (χ1) is 5.24. The van der Waals surface area contributed by atoms with Crippen LogP contribution in [-0.4, -0.2) is 13.6 Å². The molecule has 0 spiro atoms. The van der Waals surface area contributed by atoms with Gasteiger partial charge in [0.05, 0.1) is 5.02 Å². The van der Waals surface area contributed by atoms with E-state index < -0.39 is 0 Å². The summed E-state index contributed by atoms with van der Waals surface area (Å²) in [5, 5.41) is 4.02. The van der Waals surface area contributed by atoms with E-state index in [0.717, 1.165) is 18.0 Å². The van der Waals surface area contributed by atoms with Crippen molar-refractivity contribution in [2.24, 2.45) is 0 Å². The Morgan fingerprint density at radius 3 is 2.82 bits per heavy atom. The first-order valence-corrected chi connectivity index (χ1v) is 4.83. The molecule has 0 aromatic carbocycles. The maximum absolute atomic E-state index is 5.96. The van der Waals surface area contributed by atoms with E-state index in [9.17, 15) is 0 Å². The second-order valence-electron chi connectivity index (χ2n) is 2.48. The van der Waals surface area contributed by atoms with Gasteiger partial charge in [-0.3, -0.25) is 0 Å². The molecule has 1 rings (SSSR count). The van der Waals surface area contributed by atoms with E-state index in [1.54, 1.807) is 11.3 Å². The number of rotatable bonds is 3. The van der Waals surface area contributed by atoms with Crippen molar-refractivity contribution in [3.8, 4) is 0 Å². The molecule has 0 radical (unpaired) electrons. The van der Waals surface area contributed by atoms with Gasteiger partial charge in [-0.05, 0) is 33.0 Å². The maximum Gasteiger partial charge on any atom is 0.0548 e. The van der Waals surface area contributed by atoms with Crippen LogP contribution in [0.25, 0.3) is 0 Å². The molecule has 1 heterocycles. The van der Waals surface area contributed by atoms with Crippen LogP contribution in [0.4, 0.5) is 0 Å². The van der Waals surface area contributed by atoms with Gasteiger partial charge in [-0.1, -0.05) is 11.6 Å². The topological polar surface area (TPSA) is 12.0 Å². The number of hydrogen-bond acceptors (Lipinski definition) is 2. The lowest BCUT2D eigenvalue weighted by molar-refractivity contribution is 0.799. The SMILES string of the molecule is CNCCc1sc(C)cc1Cl. The summed E-state index contributed by atoms with van der Waals surface area (Å²) < 4.78 is 0. The Labute approximate surface area is 76.4 Å². The summed E-state index contributed by atoms with van der Waals surface area (Å²) in [5.41, 5.74) is 0. The average Bonchev–Trinajstić information content (AvgIpc) is 2.26. The Hall–Kier alpha value is -0.0500. The highest BCUT2D eigenvalue weighted by molar-refractivity contribution is 7.12. The lowest BCUT2D eigenvalue weighted by atomic mass is 10.3. The third-order valence-corrected chi connectivity index (χ3v) is 3.04. The fourth-order valence-corrected chi connectivity index (χ4v) is 2.31. The van der Waals surface area contributed by atoms with Crippen LogP contribution < -0.4 is 5.32 Å². The van der Waals surface area contributed by atoms with Crippen molar-refractivity contribution in [1.82, 2.24) is 5.32 Å². The minimum Gasteiger partial charge on any atom is -0.319 e. The largest absolute Gasteiger partial charge is 0.319 e. The lowest BCUT2D eigenvalue weighted by Gasteiger charge is -1.95. The molecule has 3 heteroatoms. The molecule has 1 aromatic heterocycles. The number of aryl methyl sites for hydroxylation is 1. The van der Waals surface area contributed by atoms with Crippen LogP contribution in [0, 0.1) is 6.92 Å². The van der Waals surface area contributed by atoms with Crippen molar-refractivity contribution in [1.29, 1.82) is 0 Å². The zero-order chi connectivity index (χ0) is 8.27. The van der Waals surface area contributed by atoms with Crippen molar-refractivity contribution in [2.75, 3.05) is 13.6 Å². The number of nitrogens with one attached hydrogen (secondary N) is 1. The molecule has 0 saturated carbocycles. The molecule has 0 fully saturated rings. The van der Waals surface area contributed by atoms with Crippen LogP contribution >= 0.6 is 22.9 Å². The molecule has 1 N–H and O–H groups in total. The quantitative estimate of drug-likeness (QED) is 0.771. The molecule has 0 aliphatic heterocycles. The first kappa shape index (κ1) is 9.04. The van der Waals surface area contributed by atoms with Crippen LogP contribution in [-0.2, 0) is 6.42 Å². The molecule has 0 saturated heterocycles. The molecular formula is C8H12ClNS. The Bertz CT molecular complexity index is 232. The van der Waals surface area contributed by atoms with Crippen LogP contribution in [0.2, 0.25) is 5.02 Å². The van der Waals surface area contributed by atoms with Gasteiger partial charge in [0.15, 0.2) is 0 Å². The lowest BCUT2D eigenvalue weighted by Crippen LogP contribution is -2.09. The smallest absolute Gasteiger partial charge is 0.0548 e. The van der Waals surface area contributed by atoms with Gasteiger partial charge in [0, 0.05) is 9.75 Å². The van der Waals surface area contributed by atoms with Crippen molar-refractivity contribution in [3.63, 3.8) is 0 Å². The van der Waals surface area contributed by atoms with Crippen molar-refractivity contribution in [2.45, 2.75) is 13.3 Å². The molecule has 0 amide bonds. The summed E-state index contributed by atoms with van der Waals surface area (Å²) in [7, 11) is 1.95. The van der Waals surface area contributed by atoms with E-state index in [0.29, 0.717) is 0 Å². The second kappa shape index (κ2) is 4.10. The van der Waals surface area contributed by atoms with E-state index in [1.807, 2.05) is 13.1 Å². The van der Waals surface area contributed by atoms with Gasteiger partial charge in [0.1, 0.15) is 0 Å². The van der Waals surface area contributed by atoms with Gasteiger partial charge in [-0.15, -0.1) is 11.3 Å². The summed E-state index contributed by atoms with van der Waals surface area (Å²) in [6.07, 6.45) is 1.04. The van der Waals surface area contributed by atoms with Gasteiger partial charge in [-0.25, -0.2) is 0 Å². The Kier molecular flexibility index (Phi) is 3.37. The summed E-state index contributed by atoms with van der Waals surface area (Å²) in [5.74, 6) is 0. The van der Waals surface area contributed by atoms with E-state index >= 15 is 0 Å². The molecule has 0 bridgehead atoms. The molecule has 1 nitrogen and oxygen atoms in total. The number of halogens is 1. The van der Waals surface area contributed by atoms with Crippen LogP contribution in [0.15, 0.2) is 6.07 Å². The Balaban J connectivity index is 2.62. The van der Waals surface area contributed by atoms with E-state index in [2.05, 4.69) is 12.2 Å². The highest BCUT2D eigenvalue weighted by Crippen LogP contribution is 2.26. The minimum atomic E-state index is 0.919. The summed E-state index contributed by atoms with van der Waals surface area (Å²) in [6.45, 7) is 3.08. The number of hydrogen-bond donors (Lipinski definition) is 1. The Morgan fingerprint density at radius 1 is 1.64 bits per heavy atom. The van der Waals surface area contributed by atoms with Crippen LogP contribution in [0.3, 0.4) is 0 Å². The standard InChI is InChI=1S/C8H12ClNS/c1-6-5-7(9)8(11-6)3-4-10-2/h5,10H,3-4H2,1-2H3. The Morgan fingerprint density at radius 2 is 2.36 bits per heavy atom. The molecule has 1 aromatic rings. The second-order valence-corrected chi connectivity index (χ2v) is 4.23. The zero-order valence-corrected chi connectivity index (χ0v) is 8.35. The number of likely N-dealkylation sites (N-methyl/N-ethyl adjacent to an activating group) is 1. The minimum absolute atomic E-state index is 0.919. The van der Waals surface area contributed by atoms with Gasteiger partial charge >= 0.3 is 0 Å². The molecular weight excluding hydrogens is 178 g/mol. The van der Waals surface area contributed by atoms with Gasteiger partial charge < -0.3 is 5.32 Å². The van der Waals surface area contributed by atoms with Crippen molar-refractivity contribution < 1.29 is 0 Å². The van der Waals surface area contributed by atoms with Crippen molar-refractivity contribution >= 4 is 22.9 Å².